The smallest absolute Gasteiger partial charge is 0.240 e. The van der Waals surface area contributed by atoms with E-state index in [-0.39, 0.29) is 18.7 Å². The van der Waals surface area contributed by atoms with Gasteiger partial charge in [-0.05, 0) is 24.3 Å². The van der Waals surface area contributed by atoms with Gasteiger partial charge >= 0.3 is 0 Å². The minimum atomic E-state index is -0.700. The summed E-state index contributed by atoms with van der Waals surface area (Å²) in [7, 11) is 0. The Bertz CT molecular complexity index is 1120. The van der Waals surface area contributed by atoms with Gasteiger partial charge in [-0.25, -0.2) is 18.7 Å². The van der Waals surface area contributed by atoms with Crippen molar-refractivity contribution < 1.29 is 13.6 Å². The lowest BCUT2D eigenvalue weighted by Gasteiger charge is -2.10. The Kier molecular flexibility index (Phi) is 4.76. The first-order chi connectivity index (χ1) is 13.6. The summed E-state index contributed by atoms with van der Waals surface area (Å²) in [5.74, 6) is -1.32. The lowest BCUT2D eigenvalue weighted by Crippen LogP contribution is -2.28. The number of amides is 1. The van der Waals surface area contributed by atoms with E-state index in [0.717, 1.165) is 17.6 Å². The summed E-state index contributed by atoms with van der Waals surface area (Å²) in [5.41, 5.74) is 1.79. The second kappa shape index (κ2) is 7.51. The van der Waals surface area contributed by atoms with Crippen LogP contribution < -0.4 is 5.32 Å². The number of hydrogen-bond donors (Lipinski definition) is 1. The van der Waals surface area contributed by atoms with Gasteiger partial charge in [0.1, 0.15) is 23.9 Å². The maximum absolute atomic E-state index is 13.8. The Balaban J connectivity index is 1.61. The van der Waals surface area contributed by atoms with Gasteiger partial charge in [-0.1, -0.05) is 18.2 Å². The zero-order chi connectivity index (χ0) is 19.5. The van der Waals surface area contributed by atoms with Gasteiger partial charge in [-0.3, -0.25) is 9.78 Å². The predicted octanol–water partition coefficient (Wildman–Crippen LogP) is 3.09. The van der Waals surface area contributed by atoms with E-state index < -0.39 is 17.5 Å². The van der Waals surface area contributed by atoms with Crippen LogP contribution in [0, 0.1) is 11.6 Å². The summed E-state index contributed by atoms with van der Waals surface area (Å²) in [6, 6.07) is 10.9. The summed E-state index contributed by atoms with van der Waals surface area (Å²) < 4.78 is 29.2. The van der Waals surface area contributed by atoms with Crippen molar-refractivity contribution in [1.82, 2.24) is 24.8 Å². The van der Waals surface area contributed by atoms with Crippen molar-refractivity contribution in [3.63, 3.8) is 0 Å². The molecule has 0 saturated carbocycles. The first-order valence-electron chi connectivity index (χ1n) is 8.54. The zero-order valence-electron chi connectivity index (χ0n) is 14.6. The molecule has 2 heterocycles. The van der Waals surface area contributed by atoms with Crippen molar-refractivity contribution in [2.45, 2.75) is 13.1 Å². The van der Waals surface area contributed by atoms with Crippen molar-refractivity contribution in [1.29, 1.82) is 0 Å². The third-order valence-electron chi connectivity index (χ3n) is 4.27. The van der Waals surface area contributed by atoms with Crippen LogP contribution >= 0.6 is 0 Å². The molecule has 28 heavy (non-hydrogen) atoms. The number of rotatable bonds is 5. The molecule has 0 aliphatic carbocycles. The van der Waals surface area contributed by atoms with Crippen LogP contribution in [0.3, 0.4) is 0 Å². The van der Waals surface area contributed by atoms with E-state index >= 15 is 0 Å². The van der Waals surface area contributed by atoms with Crippen molar-refractivity contribution in [3.05, 3.63) is 78.3 Å². The monoisotopic (exact) mass is 379 g/mol. The fourth-order valence-electron chi connectivity index (χ4n) is 2.93. The van der Waals surface area contributed by atoms with Gasteiger partial charge in [0.15, 0.2) is 5.82 Å². The van der Waals surface area contributed by atoms with Gasteiger partial charge in [0, 0.05) is 24.5 Å². The van der Waals surface area contributed by atoms with Gasteiger partial charge < -0.3 is 9.88 Å². The number of hydrogen-bond acceptors (Lipinski definition) is 4. The maximum atomic E-state index is 13.8. The van der Waals surface area contributed by atoms with Crippen molar-refractivity contribution in [2.24, 2.45) is 0 Å². The van der Waals surface area contributed by atoms with Crippen LogP contribution in [-0.2, 0) is 17.9 Å². The molecule has 2 aromatic carbocycles. The molecule has 0 aliphatic heterocycles. The summed E-state index contributed by atoms with van der Waals surface area (Å²) in [6.07, 6.45) is 4.65. The van der Waals surface area contributed by atoms with E-state index in [2.05, 4.69) is 20.3 Å². The number of fused-ring (bicyclic) bond motifs is 1. The summed E-state index contributed by atoms with van der Waals surface area (Å²) in [5, 5.41) is 2.56. The second-order valence-corrected chi connectivity index (χ2v) is 6.08. The molecule has 140 valence electrons. The minimum Gasteiger partial charge on any atom is -0.350 e. The van der Waals surface area contributed by atoms with Crippen molar-refractivity contribution in [3.8, 4) is 11.5 Å². The summed E-state index contributed by atoms with van der Waals surface area (Å²) in [6.45, 7) is -0.326. The molecule has 1 N–H and O–H groups in total. The van der Waals surface area contributed by atoms with Crippen LogP contribution in [0.15, 0.2) is 61.1 Å². The number of halogens is 2. The molecule has 6 nitrogen and oxygen atoms in total. The predicted molar refractivity (Wildman–Crippen MR) is 99.0 cm³/mol. The standard InChI is InChI=1S/C20H15F2N5O/c21-14-4-3-5-15(22)13(14)10-25-19(28)12-27-18-7-2-1-6-16(18)26-20(27)17-11-23-8-9-24-17/h1-9,11H,10,12H2,(H,25,28). The Morgan fingerprint density at radius 2 is 1.82 bits per heavy atom. The first kappa shape index (κ1) is 17.7. The van der Waals surface area contributed by atoms with E-state index in [9.17, 15) is 13.6 Å². The van der Waals surface area contributed by atoms with Gasteiger partial charge in [-0.2, -0.15) is 0 Å². The van der Waals surface area contributed by atoms with Gasteiger partial charge in [-0.15, -0.1) is 0 Å². The molecular weight excluding hydrogens is 364 g/mol. The first-order valence-corrected chi connectivity index (χ1v) is 8.54. The molecule has 0 unspecified atom stereocenters. The topological polar surface area (TPSA) is 72.7 Å². The number of carbonyl (C=O) groups is 1. The Morgan fingerprint density at radius 1 is 1.04 bits per heavy atom. The highest BCUT2D eigenvalue weighted by atomic mass is 19.1. The molecular formula is C20H15F2N5O. The van der Waals surface area contributed by atoms with Crippen LogP contribution in [0.4, 0.5) is 8.78 Å². The van der Waals surface area contributed by atoms with E-state index in [4.69, 9.17) is 0 Å². The maximum Gasteiger partial charge on any atom is 0.240 e. The lowest BCUT2D eigenvalue weighted by atomic mass is 10.2. The summed E-state index contributed by atoms with van der Waals surface area (Å²) >= 11 is 0. The Hall–Kier alpha value is -3.68. The highest BCUT2D eigenvalue weighted by Crippen LogP contribution is 2.22. The molecule has 2 aromatic heterocycles. The average molecular weight is 379 g/mol. The number of aromatic nitrogens is 4. The molecule has 1 amide bonds. The molecule has 8 heteroatoms. The van der Waals surface area contributed by atoms with E-state index in [1.165, 1.54) is 6.07 Å². The number of nitrogens with one attached hydrogen (secondary N) is 1. The lowest BCUT2D eigenvalue weighted by molar-refractivity contribution is -0.121. The van der Waals surface area contributed by atoms with Crippen LogP contribution in [0.25, 0.3) is 22.6 Å². The fraction of sp³-hybridized carbons (Fsp3) is 0.100. The number of imidazole rings is 1. The molecule has 0 fully saturated rings. The van der Waals surface area contributed by atoms with Gasteiger partial charge in [0.25, 0.3) is 0 Å². The van der Waals surface area contributed by atoms with Crippen molar-refractivity contribution >= 4 is 16.9 Å². The number of carbonyl (C=O) groups excluding carboxylic acids is 1. The molecule has 0 saturated heterocycles. The number of nitrogens with zero attached hydrogens (tertiary/aromatic N) is 4. The molecule has 0 aliphatic rings. The van der Waals surface area contributed by atoms with Crippen LogP contribution in [-0.4, -0.2) is 25.4 Å². The molecule has 0 spiro atoms. The normalized spacial score (nSPS) is 10.9. The van der Waals surface area contributed by atoms with E-state index in [1.807, 2.05) is 24.3 Å². The molecule has 0 atom stereocenters. The van der Waals surface area contributed by atoms with E-state index in [0.29, 0.717) is 17.0 Å². The third kappa shape index (κ3) is 3.44. The van der Waals surface area contributed by atoms with Crippen molar-refractivity contribution in [2.75, 3.05) is 0 Å². The van der Waals surface area contributed by atoms with Gasteiger partial charge in [0.2, 0.25) is 5.91 Å². The summed E-state index contributed by atoms with van der Waals surface area (Å²) in [4.78, 5) is 25.3. The Morgan fingerprint density at radius 3 is 2.57 bits per heavy atom. The SMILES string of the molecule is O=C(Cn1c(-c2cnccn2)nc2ccccc21)NCc1c(F)cccc1F. The van der Waals surface area contributed by atoms with Crippen LogP contribution in [0.2, 0.25) is 0 Å². The van der Waals surface area contributed by atoms with Crippen LogP contribution in [0.5, 0.6) is 0 Å². The quantitative estimate of drug-likeness (QED) is 0.578. The molecule has 4 rings (SSSR count). The van der Waals surface area contributed by atoms with Crippen LogP contribution in [0.1, 0.15) is 5.56 Å². The molecule has 0 bridgehead atoms. The minimum absolute atomic E-state index is 0.0809. The zero-order valence-corrected chi connectivity index (χ0v) is 14.6. The number of benzene rings is 2. The third-order valence-corrected chi connectivity index (χ3v) is 4.27. The molecule has 0 radical (unpaired) electrons. The van der Waals surface area contributed by atoms with E-state index in [1.54, 1.807) is 23.2 Å². The van der Waals surface area contributed by atoms with Gasteiger partial charge in [0.05, 0.1) is 17.2 Å². The second-order valence-electron chi connectivity index (χ2n) is 6.08. The Labute approximate surface area is 158 Å². The average Bonchev–Trinajstić information content (AvgIpc) is 3.07. The molecule has 4 aromatic rings. The highest BCUT2D eigenvalue weighted by Gasteiger charge is 2.17. The fourth-order valence-corrected chi connectivity index (χ4v) is 2.93. The number of para-hydroxylation sites is 2. The highest BCUT2D eigenvalue weighted by molar-refractivity contribution is 5.84. The largest absolute Gasteiger partial charge is 0.350 e.